The summed E-state index contributed by atoms with van der Waals surface area (Å²) in [5.41, 5.74) is 0.0330. The highest BCUT2D eigenvalue weighted by Gasteiger charge is 2.36. The minimum atomic E-state index is -4.77. The summed E-state index contributed by atoms with van der Waals surface area (Å²) in [6.07, 6.45) is -3.39. The van der Waals surface area contributed by atoms with Crippen LogP contribution in [0.3, 0.4) is 0 Å². The van der Waals surface area contributed by atoms with E-state index in [-0.39, 0.29) is 18.0 Å². The topological polar surface area (TPSA) is 118 Å². The Hall–Kier alpha value is -3.22. The van der Waals surface area contributed by atoms with Gasteiger partial charge in [0.25, 0.3) is 5.16 Å². The molecule has 0 saturated carbocycles. The van der Waals surface area contributed by atoms with E-state index in [1.165, 1.54) is 0 Å². The van der Waals surface area contributed by atoms with Crippen LogP contribution >= 0.6 is 0 Å². The first kappa shape index (κ1) is 18.2. The number of imidazole rings is 2. The maximum absolute atomic E-state index is 13.2. The smallest absolute Gasteiger partial charge is 0.360 e. The zero-order valence-corrected chi connectivity index (χ0v) is 15.0. The SMILES string of the molecule is CS(=O)(=O)c1nc(NCc2nc3ccccc3[nH]2)c2ncc(C(F)(F)F)n2n1. The Balaban J connectivity index is 1.77. The fourth-order valence-electron chi connectivity index (χ4n) is 2.59. The number of halogens is 3. The molecular formula is C15H12F3N7O2S. The summed E-state index contributed by atoms with van der Waals surface area (Å²) in [6.45, 7) is 0.0543. The maximum atomic E-state index is 13.2. The molecule has 1 aromatic carbocycles. The summed E-state index contributed by atoms with van der Waals surface area (Å²) in [7, 11) is -3.96. The molecule has 9 nitrogen and oxygen atoms in total. The van der Waals surface area contributed by atoms with Gasteiger partial charge < -0.3 is 10.3 Å². The van der Waals surface area contributed by atoms with Crippen molar-refractivity contribution in [2.45, 2.75) is 17.9 Å². The van der Waals surface area contributed by atoms with E-state index in [9.17, 15) is 21.6 Å². The van der Waals surface area contributed by atoms with Crippen molar-refractivity contribution < 1.29 is 21.6 Å². The quantitative estimate of drug-likeness (QED) is 0.528. The lowest BCUT2D eigenvalue weighted by Gasteiger charge is -2.09. The van der Waals surface area contributed by atoms with E-state index in [4.69, 9.17) is 0 Å². The number of rotatable bonds is 4. The van der Waals surface area contributed by atoms with Crippen molar-refractivity contribution in [2.75, 3.05) is 11.6 Å². The number of hydrogen-bond acceptors (Lipinski definition) is 7. The molecule has 0 fully saturated rings. The number of hydrogen-bond donors (Lipinski definition) is 2. The number of alkyl halides is 3. The summed E-state index contributed by atoms with van der Waals surface area (Å²) < 4.78 is 63.6. The maximum Gasteiger partial charge on any atom is 0.435 e. The number of sulfone groups is 1. The second kappa shape index (κ2) is 6.15. The molecule has 0 aliphatic carbocycles. The summed E-state index contributed by atoms with van der Waals surface area (Å²) >= 11 is 0. The number of nitrogens with one attached hydrogen (secondary N) is 2. The lowest BCUT2D eigenvalue weighted by atomic mass is 10.3. The average molecular weight is 411 g/mol. The van der Waals surface area contributed by atoms with Crippen LogP contribution in [0.5, 0.6) is 0 Å². The van der Waals surface area contributed by atoms with Crippen LogP contribution in [0.25, 0.3) is 16.7 Å². The Labute approximate surface area is 155 Å². The molecule has 0 saturated heterocycles. The van der Waals surface area contributed by atoms with Crippen LogP contribution in [0.2, 0.25) is 0 Å². The minimum absolute atomic E-state index is 0.0543. The van der Waals surface area contributed by atoms with Crippen molar-refractivity contribution in [2.24, 2.45) is 0 Å². The Morgan fingerprint density at radius 1 is 1.21 bits per heavy atom. The monoisotopic (exact) mass is 411 g/mol. The number of H-pyrrole nitrogens is 1. The van der Waals surface area contributed by atoms with E-state index in [0.29, 0.717) is 22.1 Å². The number of anilines is 1. The van der Waals surface area contributed by atoms with Gasteiger partial charge in [0.15, 0.2) is 17.2 Å². The molecule has 0 bridgehead atoms. The number of para-hydroxylation sites is 2. The fourth-order valence-corrected chi connectivity index (χ4v) is 3.07. The number of benzene rings is 1. The lowest BCUT2D eigenvalue weighted by Crippen LogP contribution is -2.16. The van der Waals surface area contributed by atoms with E-state index in [1.54, 1.807) is 6.07 Å². The molecule has 0 amide bonds. The van der Waals surface area contributed by atoms with Gasteiger partial charge in [-0.2, -0.15) is 18.2 Å². The van der Waals surface area contributed by atoms with Crippen molar-refractivity contribution in [3.8, 4) is 0 Å². The normalized spacial score (nSPS) is 12.7. The van der Waals surface area contributed by atoms with Gasteiger partial charge in [-0.25, -0.2) is 22.9 Å². The van der Waals surface area contributed by atoms with Crippen LogP contribution < -0.4 is 5.32 Å². The first-order chi connectivity index (χ1) is 13.1. The van der Waals surface area contributed by atoms with Crippen molar-refractivity contribution in [3.05, 3.63) is 42.0 Å². The van der Waals surface area contributed by atoms with Crippen molar-refractivity contribution in [1.29, 1.82) is 0 Å². The lowest BCUT2D eigenvalue weighted by molar-refractivity contribution is -0.142. The van der Waals surface area contributed by atoms with Crippen LogP contribution in [-0.4, -0.2) is 44.2 Å². The second-order valence-electron chi connectivity index (χ2n) is 5.95. The van der Waals surface area contributed by atoms with Gasteiger partial charge in [0, 0.05) is 6.26 Å². The molecule has 2 N–H and O–H groups in total. The molecule has 3 aromatic heterocycles. The summed E-state index contributed by atoms with van der Waals surface area (Å²) in [5.74, 6) is 0.327. The number of fused-ring (bicyclic) bond motifs is 2. The van der Waals surface area contributed by atoms with Crippen molar-refractivity contribution in [1.82, 2.24) is 29.5 Å². The molecule has 13 heteroatoms. The van der Waals surface area contributed by atoms with E-state index in [2.05, 4.69) is 30.4 Å². The molecule has 146 valence electrons. The molecule has 0 spiro atoms. The van der Waals surface area contributed by atoms with Gasteiger partial charge in [-0.05, 0) is 12.1 Å². The zero-order valence-electron chi connectivity index (χ0n) is 14.2. The first-order valence-electron chi connectivity index (χ1n) is 7.83. The molecule has 28 heavy (non-hydrogen) atoms. The standard InChI is InChI=1S/C15H12F3N7O2S/c1-28(26,27)14-23-12(13-20-6-10(15(16,17)18)25(13)24-14)19-7-11-21-8-4-2-3-5-9(8)22-11/h2-6H,7H2,1H3,(H,21,22)(H,19,23,24). The van der Waals surface area contributed by atoms with Gasteiger partial charge in [0.1, 0.15) is 5.82 Å². The molecule has 0 aliphatic rings. The Bertz CT molecular complexity index is 1260. The third-order valence-electron chi connectivity index (χ3n) is 3.83. The van der Waals surface area contributed by atoms with Crippen LogP contribution in [-0.2, 0) is 22.6 Å². The number of aromatic nitrogens is 6. The molecule has 4 aromatic rings. The van der Waals surface area contributed by atoms with Gasteiger partial charge in [-0.15, -0.1) is 5.10 Å². The molecule has 0 atom stereocenters. The van der Waals surface area contributed by atoms with Crippen LogP contribution in [0, 0.1) is 0 Å². The van der Waals surface area contributed by atoms with E-state index in [1.807, 2.05) is 18.2 Å². The van der Waals surface area contributed by atoms with E-state index in [0.717, 1.165) is 11.8 Å². The highest BCUT2D eigenvalue weighted by atomic mass is 32.2. The summed E-state index contributed by atoms with van der Waals surface area (Å²) in [4.78, 5) is 14.9. The van der Waals surface area contributed by atoms with Crippen LogP contribution in [0.1, 0.15) is 11.5 Å². The molecule has 0 radical (unpaired) electrons. The van der Waals surface area contributed by atoms with Gasteiger partial charge in [0.2, 0.25) is 9.84 Å². The molecule has 4 rings (SSSR count). The summed E-state index contributed by atoms with van der Waals surface area (Å²) in [5, 5.41) is 5.52. The second-order valence-corrected chi connectivity index (χ2v) is 7.86. The Morgan fingerprint density at radius 3 is 2.64 bits per heavy atom. The van der Waals surface area contributed by atoms with Gasteiger partial charge in [-0.1, -0.05) is 12.1 Å². The molecular weight excluding hydrogens is 399 g/mol. The van der Waals surface area contributed by atoms with Gasteiger partial charge in [0.05, 0.1) is 23.8 Å². The molecule has 0 aliphatic heterocycles. The van der Waals surface area contributed by atoms with E-state index >= 15 is 0 Å². The van der Waals surface area contributed by atoms with Gasteiger partial charge in [-0.3, -0.25) is 0 Å². The van der Waals surface area contributed by atoms with Crippen LogP contribution in [0.4, 0.5) is 19.0 Å². The average Bonchev–Trinajstić information content (AvgIpc) is 3.21. The predicted octanol–water partition coefficient (Wildman–Crippen LogP) is 2.04. The third kappa shape index (κ3) is 3.24. The van der Waals surface area contributed by atoms with E-state index < -0.39 is 26.9 Å². The molecule has 3 heterocycles. The fraction of sp³-hybridized carbons (Fsp3) is 0.200. The highest BCUT2D eigenvalue weighted by Crippen LogP contribution is 2.30. The minimum Gasteiger partial charge on any atom is -0.360 e. The molecule has 0 unspecified atom stereocenters. The van der Waals surface area contributed by atoms with Crippen LogP contribution in [0.15, 0.2) is 35.6 Å². The summed E-state index contributed by atoms with van der Waals surface area (Å²) in [6, 6.07) is 7.26. The highest BCUT2D eigenvalue weighted by molar-refractivity contribution is 7.90. The first-order valence-corrected chi connectivity index (χ1v) is 9.72. The number of nitrogens with zero attached hydrogens (tertiary/aromatic N) is 5. The third-order valence-corrected chi connectivity index (χ3v) is 4.66. The zero-order chi connectivity index (χ0) is 20.1. The van der Waals surface area contributed by atoms with Crippen molar-refractivity contribution >= 4 is 32.3 Å². The predicted molar refractivity (Wildman–Crippen MR) is 92.3 cm³/mol. The Morgan fingerprint density at radius 2 is 1.96 bits per heavy atom. The Kier molecular flexibility index (Phi) is 3.99. The van der Waals surface area contributed by atoms with Crippen molar-refractivity contribution in [3.63, 3.8) is 0 Å². The van der Waals surface area contributed by atoms with Gasteiger partial charge >= 0.3 is 6.18 Å². The largest absolute Gasteiger partial charge is 0.435 e. The number of aromatic amines is 1.